The maximum atomic E-state index is 5.11. The van der Waals surface area contributed by atoms with Crippen LogP contribution in [0.3, 0.4) is 0 Å². The molecule has 1 aromatic carbocycles. The van der Waals surface area contributed by atoms with Crippen LogP contribution in [0.2, 0.25) is 0 Å². The summed E-state index contributed by atoms with van der Waals surface area (Å²) >= 11 is 0. The van der Waals surface area contributed by atoms with Gasteiger partial charge in [-0.2, -0.15) is 0 Å². The van der Waals surface area contributed by atoms with Gasteiger partial charge in [-0.3, -0.25) is 14.8 Å². The molecule has 3 saturated heterocycles. The van der Waals surface area contributed by atoms with Gasteiger partial charge in [-0.1, -0.05) is 12.1 Å². The number of anilines is 1. The fraction of sp³-hybridized carbons (Fsp3) is 0.520. The second-order valence-electron chi connectivity index (χ2n) is 9.47. The van der Waals surface area contributed by atoms with Crippen LogP contribution in [0.25, 0.3) is 11.0 Å². The van der Waals surface area contributed by atoms with Crippen LogP contribution < -0.4 is 4.90 Å². The summed E-state index contributed by atoms with van der Waals surface area (Å²) in [6, 6.07) is 11.9. The standard InChI is InChI=1S/C25H32N6/c1-18-6-3-11-26-24(18)21-10-5-13-30(21)17-23-27-20-8-2-9-22(25(20)28-23)31-15-14-29-12-4-7-19(29)16-31/h2-3,6,8-9,11,19,21H,4-5,7,10,12-17H2,1H3,(H,27,28). The van der Waals surface area contributed by atoms with Gasteiger partial charge in [0.1, 0.15) is 11.3 Å². The molecule has 6 nitrogen and oxygen atoms in total. The molecule has 0 saturated carbocycles. The number of nitrogens with zero attached hydrogens (tertiary/aromatic N) is 5. The Morgan fingerprint density at radius 1 is 1.03 bits per heavy atom. The molecule has 3 aliphatic rings. The number of hydrogen-bond acceptors (Lipinski definition) is 5. The molecule has 1 N–H and O–H groups in total. The van der Waals surface area contributed by atoms with Crippen molar-refractivity contribution in [2.24, 2.45) is 0 Å². The summed E-state index contributed by atoms with van der Waals surface area (Å²) in [6.45, 7) is 8.83. The highest BCUT2D eigenvalue weighted by Crippen LogP contribution is 2.34. The fourth-order valence-corrected chi connectivity index (χ4v) is 5.97. The van der Waals surface area contributed by atoms with Crippen molar-refractivity contribution in [1.82, 2.24) is 24.8 Å². The average molecular weight is 417 g/mol. The number of H-pyrrole nitrogens is 1. The molecule has 0 spiro atoms. The largest absolute Gasteiger partial charge is 0.367 e. The highest BCUT2D eigenvalue weighted by molar-refractivity contribution is 5.89. The Kier molecular flexibility index (Phi) is 4.92. The number of aromatic amines is 1. The van der Waals surface area contributed by atoms with Gasteiger partial charge < -0.3 is 9.88 Å². The summed E-state index contributed by atoms with van der Waals surface area (Å²) in [7, 11) is 0. The van der Waals surface area contributed by atoms with Gasteiger partial charge >= 0.3 is 0 Å². The van der Waals surface area contributed by atoms with Gasteiger partial charge in [-0.05, 0) is 69.5 Å². The summed E-state index contributed by atoms with van der Waals surface area (Å²) in [5.41, 5.74) is 6.11. The first-order valence-corrected chi connectivity index (χ1v) is 11.9. The van der Waals surface area contributed by atoms with Gasteiger partial charge in [-0.25, -0.2) is 4.98 Å². The van der Waals surface area contributed by atoms with Crippen LogP contribution in [0.15, 0.2) is 36.5 Å². The maximum absolute atomic E-state index is 5.11. The molecule has 3 fully saturated rings. The van der Waals surface area contributed by atoms with E-state index in [-0.39, 0.29) is 0 Å². The number of piperazine rings is 1. The van der Waals surface area contributed by atoms with Crippen LogP contribution in [-0.4, -0.2) is 63.5 Å². The Morgan fingerprint density at radius 3 is 2.90 bits per heavy atom. The van der Waals surface area contributed by atoms with Crippen LogP contribution in [0, 0.1) is 6.92 Å². The Bertz CT molecular complexity index is 1070. The Balaban J connectivity index is 1.25. The van der Waals surface area contributed by atoms with E-state index in [4.69, 9.17) is 9.97 Å². The normalized spacial score (nSPS) is 24.9. The zero-order valence-electron chi connectivity index (χ0n) is 18.4. The summed E-state index contributed by atoms with van der Waals surface area (Å²) in [5, 5.41) is 0. The molecular formula is C25H32N6. The lowest BCUT2D eigenvalue weighted by molar-refractivity contribution is 0.231. The van der Waals surface area contributed by atoms with E-state index in [9.17, 15) is 0 Å². The molecule has 0 radical (unpaired) electrons. The van der Waals surface area contributed by atoms with Crippen molar-refractivity contribution in [3.8, 4) is 0 Å². The first-order chi connectivity index (χ1) is 15.3. The third kappa shape index (κ3) is 3.52. The second kappa shape index (κ2) is 7.92. The topological polar surface area (TPSA) is 51.3 Å². The Hall–Kier alpha value is -2.44. The lowest BCUT2D eigenvalue weighted by Gasteiger charge is -2.38. The Morgan fingerprint density at radius 2 is 1.97 bits per heavy atom. The average Bonchev–Trinajstić information content (AvgIpc) is 3.52. The van der Waals surface area contributed by atoms with E-state index < -0.39 is 0 Å². The van der Waals surface area contributed by atoms with Gasteiger partial charge in [0.25, 0.3) is 0 Å². The molecule has 31 heavy (non-hydrogen) atoms. The van der Waals surface area contributed by atoms with Crippen molar-refractivity contribution < 1.29 is 0 Å². The number of likely N-dealkylation sites (tertiary alicyclic amines) is 1. The minimum Gasteiger partial charge on any atom is -0.367 e. The molecule has 6 rings (SSSR count). The summed E-state index contributed by atoms with van der Waals surface area (Å²) < 4.78 is 0. The van der Waals surface area contributed by atoms with Crippen molar-refractivity contribution in [2.75, 3.05) is 37.6 Å². The molecule has 0 aliphatic carbocycles. The van der Waals surface area contributed by atoms with Gasteiger partial charge in [0, 0.05) is 31.9 Å². The van der Waals surface area contributed by atoms with Crippen molar-refractivity contribution in [3.63, 3.8) is 0 Å². The minimum absolute atomic E-state index is 0.393. The number of rotatable bonds is 4. The number of imidazole rings is 1. The number of hydrogen-bond donors (Lipinski definition) is 1. The molecule has 5 heterocycles. The highest BCUT2D eigenvalue weighted by atomic mass is 15.3. The van der Waals surface area contributed by atoms with Crippen LogP contribution in [0.4, 0.5) is 5.69 Å². The Labute approximate surface area is 184 Å². The van der Waals surface area contributed by atoms with E-state index in [1.807, 2.05) is 12.3 Å². The zero-order valence-corrected chi connectivity index (χ0v) is 18.4. The van der Waals surface area contributed by atoms with Gasteiger partial charge in [0.15, 0.2) is 0 Å². The van der Waals surface area contributed by atoms with E-state index >= 15 is 0 Å². The fourth-order valence-electron chi connectivity index (χ4n) is 5.97. The van der Waals surface area contributed by atoms with Crippen molar-refractivity contribution >= 4 is 16.7 Å². The quantitative estimate of drug-likeness (QED) is 0.699. The van der Waals surface area contributed by atoms with Crippen LogP contribution in [-0.2, 0) is 6.54 Å². The number of aromatic nitrogens is 3. The lowest BCUT2D eigenvalue weighted by Crippen LogP contribution is -2.50. The van der Waals surface area contributed by atoms with E-state index in [1.165, 1.54) is 55.7 Å². The molecule has 2 aromatic heterocycles. The predicted octanol–water partition coefficient (Wildman–Crippen LogP) is 3.89. The van der Waals surface area contributed by atoms with Crippen molar-refractivity contribution in [3.05, 3.63) is 53.6 Å². The van der Waals surface area contributed by atoms with E-state index in [2.05, 4.69) is 50.9 Å². The van der Waals surface area contributed by atoms with E-state index in [1.54, 1.807) is 0 Å². The first kappa shape index (κ1) is 19.3. The highest BCUT2D eigenvalue weighted by Gasteiger charge is 2.32. The summed E-state index contributed by atoms with van der Waals surface area (Å²) in [5.74, 6) is 1.07. The summed E-state index contributed by atoms with van der Waals surface area (Å²) in [6.07, 6.45) is 7.01. The van der Waals surface area contributed by atoms with Gasteiger partial charge in [0.05, 0.1) is 29.5 Å². The van der Waals surface area contributed by atoms with Crippen LogP contribution in [0.5, 0.6) is 0 Å². The van der Waals surface area contributed by atoms with Crippen LogP contribution in [0.1, 0.15) is 48.8 Å². The molecular weight excluding hydrogens is 384 g/mol. The van der Waals surface area contributed by atoms with E-state index in [0.717, 1.165) is 49.1 Å². The molecule has 162 valence electrons. The third-order valence-corrected chi connectivity index (χ3v) is 7.55. The van der Waals surface area contributed by atoms with Crippen molar-refractivity contribution in [1.29, 1.82) is 0 Å². The number of fused-ring (bicyclic) bond motifs is 2. The molecule has 2 atom stereocenters. The van der Waals surface area contributed by atoms with E-state index in [0.29, 0.717) is 6.04 Å². The molecule has 3 aromatic rings. The lowest BCUT2D eigenvalue weighted by atomic mass is 10.1. The number of aryl methyl sites for hydroxylation is 1. The SMILES string of the molecule is Cc1cccnc1C1CCCN1Cc1nc2c(N3CCN4CCCC4C3)cccc2[nH]1. The zero-order chi connectivity index (χ0) is 20.8. The third-order valence-electron chi connectivity index (χ3n) is 7.55. The van der Waals surface area contributed by atoms with Crippen molar-refractivity contribution in [2.45, 2.75) is 51.2 Å². The minimum atomic E-state index is 0.393. The second-order valence-corrected chi connectivity index (χ2v) is 9.47. The van der Waals surface area contributed by atoms with Gasteiger partial charge in [0.2, 0.25) is 0 Å². The monoisotopic (exact) mass is 416 g/mol. The molecule has 0 bridgehead atoms. The maximum Gasteiger partial charge on any atom is 0.121 e. The molecule has 0 amide bonds. The van der Waals surface area contributed by atoms with Gasteiger partial charge in [-0.15, -0.1) is 0 Å². The number of pyridine rings is 1. The van der Waals surface area contributed by atoms with Crippen LogP contribution >= 0.6 is 0 Å². The molecule has 2 unspecified atom stereocenters. The molecule has 6 heteroatoms. The predicted molar refractivity (Wildman–Crippen MR) is 124 cm³/mol. The smallest absolute Gasteiger partial charge is 0.121 e. The number of para-hydroxylation sites is 1. The summed E-state index contributed by atoms with van der Waals surface area (Å²) in [4.78, 5) is 21.2. The first-order valence-electron chi connectivity index (χ1n) is 11.9. The molecule has 3 aliphatic heterocycles. The number of benzene rings is 1. The number of nitrogens with one attached hydrogen (secondary N) is 1.